The summed E-state index contributed by atoms with van der Waals surface area (Å²) in [6.45, 7) is 6.87. The minimum Gasteiger partial charge on any atom is -0.465 e. The topological polar surface area (TPSA) is 112 Å². The van der Waals surface area contributed by atoms with Gasteiger partial charge in [-0.25, -0.2) is 17.9 Å². The normalized spacial score (nSPS) is 11.9. The Balaban J connectivity index is 0.00000484. The van der Waals surface area contributed by atoms with Crippen LogP contribution in [-0.2, 0) is 14.8 Å². The second-order valence-electron chi connectivity index (χ2n) is 5.30. The highest BCUT2D eigenvalue weighted by atomic mass is 35.5. The molecule has 0 aliphatic heterocycles. The Morgan fingerprint density at radius 3 is 2.22 bits per heavy atom. The molecule has 7 nitrogen and oxygen atoms in total. The first-order chi connectivity index (χ1) is 10.1. The molecule has 3 N–H and O–H groups in total. The van der Waals surface area contributed by atoms with Gasteiger partial charge in [-0.15, -0.1) is 12.4 Å². The number of aryl methyl sites for hydroxylation is 2. The van der Waals surface area contributed by atoms with E-state index in [0.29, 0.717) is 12.8 Å². The van der Waals surface area contributed by atoms with Crippen LogP contribution in [0.25, 0.3) is 0 Å². The molecule has 0 atom stereocenters. The van der Waals surface area contributed by atoms with Gasteiger partial charge in [0.2, 0.25) is 10.0 Å². The third-order valence-electron chi connectivity index (χ3n) is 3.89. The predicted molar refractivity (Wildman–Crippen MR) is 89.5 cm³/mol. The average molecular weight is 369 g/mol. The van der Waals surface area contributed by atoms with Gasteiger partial charge in [0.15, 0.2) is 0 Å². The van der Waals surface area contributed by atoms with E-state index in [1.807, 2.05) is 13.8 Å². The number of sulfonamides is 1. The van der Waals surface area contributed by atoms with Crippen LogP contribution in [0.2, 0.25) is 0 Å². The average Bonchev–Trinajstić information content (AvgIpc) is 2.79. The van der Waals surface area contributed by atoms with Gasteiger partial charge in [0.1, 0.15) is 22.0 Å². The van der Waals surface area contributed by atoms with Gasteiger partial charge in [0, 0.05) is 12.1 Å². The summed E-state index contributed by atoms with van der Waals surface area (Å²) in [6.07, 6.45) is 1.25. The van der Waals surface area contributed by atoms with Crippen molar-refractivity contribution in [2.75, 3.05) is 13.7 Å². The number of methoxy groups -OCH3 is 1. The second-order valence-corrected chi connectivity index (χ2v) is 7.01. The lowest BCUT2D eigenvalue weighted by Crippen LogP contribution is -2.49. The minimum atomic E-state index is -3.93. The number of esters is 1. The highest BCUT2D eigenvalue weighted by Crippen LogP contribution is 2.27. The van der Waals surface area contributed by atoms with Gasteiger partial charge >= 0.3 is 5.97 Å². The van der Waals surface area contributed by atoms with Crippen molar-refractivity contribution >= 4 is 28.4 Å². The number of hydrogen-bond donors (Lipinski definition) is 2. The molecule has 0 aliphatic carbocycles. The Hall–Kier alpha value is -1.09. The first-order valence-electron chi connectivity index (χ1n) is 7.08. The van der Waals surface area contributed by atoms with E-state index in [9.17, 15) is 13.2 Å². The third-order valence-corrected chi connectivity index (χ3v) is 5.44. The van der Waals surface area contributed by atoms with Crippen LogP contribution >= 0.6 is 12.4 Å². The molecule has 1 rings (SSSR count). The van der Waals surface area contributed by atoms with E-state index >= 15 is 0 Å². The van der Waals surface area contributed by atoms with Gasteiger partial charge in [-0.05, 0) is 26.7 Å². The largest absolute Gasteiger partial charge is 0.465 e. The zero-order chi connectivity index (χ0) is 17.1. The maximum Gasteiger partial charge on any atom is 0.342 e. The Kier molecular flexibility index (Phi) is 7.75. The number of carbonyl (C=O) groups excluding carboxylic acids is 1. The molecule has 0 unspecified atom stereocenters. The van der Waals surface area contributed by atoms with E-state index in [4.69, 9.17) is 10.2 Å². The number of carbonyl (C=O) groups is 1. The van der Waals surface area contributed by atoms with Crippen LogP contribution in [0.4, 0.5) is 0 Å². The SMILES string of the molecule is CCC(N)(CC)CNS(=O)(=O)c1c(C)oc(C)c1C(=O)OC.Cl. The second kappa shape index (κ2) is 8.14. The van der Waals surface area contributed by atoms with Gasteiger partial charge in [0.05, 0.1) is 7.11 Å². The van der Waals surface area contributed by atoms with E-state index in [-0.39, 0.29) is 40.9 Å². The van der Waals surface area contributed by atoms with E-state index in [2.05, 4.69) is 9.46 Å². The Labute approximate surface area is 143 Å². The quantitative estimate of drug-likeness (QED) is 0.711. The Morgan fingerprint density at radius 2 is 1.78 bits per heavy atom. The third kappa shape index (κ3) is 4.69. The number of nitrogens with two attached hydrogens (primary N) is 1. The molecule has 0 radical (unpaired) electrons. The van der Waals surface area contributed by atoms with Gasteiger partial charge < -0.3 is 14.9 Å². The fourth-order valence-electron chi connectivity index (χ4n) is 2.14. The summed E-state index contributed by atoms with van der Waals surface area (Å²) in [5, 5.41) is 0. The molecular weight excluding hydrogens is 344 g/mol. The van der Waals surface area contributed by atoms with Gasteiger partial charge in [0.25, 0.3) is 0 Å². The number of rotatable bonds is 7. The fraction of sp³-hybridized carbons (Fsp3) is 0.643. The van der Waals surface area contributed by atoms with Crippen molar-refractivity contribution in [2.24, 2.45) is 5.73 Å². The molecule has 0 aromatic carbocycles. The zero-order valence-corrected chi connectivity index (χ0v) is 15.7. The molecule has 1 aromatic heterocycles. The summed E-state index contributed by atoms with van der Waals surface area (Å²) < 4.78 is 37.5. The van der Waals surface area contributed by atoms with E-state index in [1.165, 1.54) is 21.0 Å². The number of halogens is 1. The smallest absolute Gasteiger partial charge is 0.342 e. The molecule has 0 saturated carbocycles. The maximum atomic E-state index is 12.6. The molecule has 0 saturated heterocycles. The van der Waals surface area contributed by atoms with Crippen LogP contribution in [0.15, 0.2) is 9.31 Å². The van der Waals surface area contributed by atoms with Crippen molar-refractivity contribution in [1.82, 2.24) is 4.72 Å². The molecule has 0 aliphatic rings. The summed E-state index contributed by atoms with van der Waals surface area (Å²) in [6, 6.07) is 0. The molecule has 1 heterocycles. The molecule has 0 fully saturated rings. The van der Waals surface area contributed by atoms with E-state index < -0.39 is 21.5 Å². The Morgan fingerprint density at radius 1 is 1.26 bits per heavy atom. The maximum absolute atomic E-state index is 12.6. The van der Waals surface area contributed by atoms with E-state index in [1.54, 1.807) is 0 Å². The molecule has 1 aromatic rings. The van der Waals surface area contributed by atoms with Crippen molar-refractivity contribution in [1.29, 1.82) is 0 Å². The first kappa shape index (κ1) is 21.9. The summed E-state index contributed by atoms with van der Waals surface area (Å²) in [7, 11) is -2.75. The molecule has 23 heavy (non-hydrogen) atoms. The lowest BCUT2D eigenvalue weighted by molar-refractivity contribution is 0.0595. The highest BCUT2D eigenvalue weighted by molar-refractivity contribution is 7.89. The molecule has 0 bridgehead atoms. The Bertz CT molecular complexity index is 650. The van der Waals surface area contributed by atoms with Crippen molar-refractivity contribution in [3.05, 3.63) is 17.1 Å². The molecular formula is C14H25ClN2O5S. The lowest BCUT2D eigenvalue weighted by Gasteiger charge is -2.26. The number of furan rings is 1. The van der Waals surface area contributed by atoms with Crippen molar-refractivity contribution in [3.8, 4) is 0 Å². The fourth-order valence-corrected chi connectivity index (χ4v) is 3.67. The molecule has 0 spiro atoms. The van der Waals surface area contributed by atoms with Crippen LogP contribution in [0, 0.1) is 13.8 Å². The van der Waals surface area contributed by atoms with Crippen LogP contribution < -0.4 is 10.5 Å². The monoisotopic (exact) mass is 368 g/mol. The number of ether oxygens (including phenoxy) is 1. The minimum absolute atomic E-state index is 0. The summed E-state index contributed by atoms with van der Waals surface area (Å²) in [5.41, 5.74) is 5.39. The summed E-state index contributed by atoms with van der Waals surface area (Å²) in [5.74, 6) is -0.407. The van der Waals surface area contributed by atoms with Crippen LogP contribution in [0.1, 0.15) is 48.6 Å². The number of hydrogen-bond acceptors (Lipinski definition) is 6. The molecule has 9 heteroatoms. The van der Waals surface area contributed by atoms with Crippen LogP contribution in [0.3, 0.4) is 0 Å². The van der Waals surface area contributed by atoms with Crippen LogP contribution in [0.5, 0.6) is 0 Å². The van der Waals surface area contributed by atoms with Crippen LogP contribution in [-0.4, -0.2) is 33.6 Å². The molecule has 134 valence electrons. The van der Waals surface area contributed by atoms with Crippen molar-refractivity contribution in [2.45, 2.75) is 51.0 Å². The van der Waals surface area contributed by atoms with E-state index in [0.717, 1.165) is 0 Å². The first-order valence-corrected chi connectivity index (χ1v) is 8.57. The lowest BCUT2D eigenvalue weighted by atomic mass is 9.95. The highest BCUT2D eigenvalue weighted by Gasteiger charge is 2.33. The summed E-state index contributed by atoms with van der Waals surface area (Å²) >= 11 is 0. The van der Waals surface area contributed by atoms with Gasteiger partial charge in [-0.1, -0.05) is 13.8 Å². The molecule has 0 amide bonds. The standard InChI is InChI=1S/C14H24N2O5S.ClH/c1-6-14(15,7-2)8-16-22(18,19)12-10(4)21-9(3)11(12)13(17)20-5;/h16H,6-8,15H2,1-5H3;1H. The predicted octanol–water partition coefficient (Wildman–Crippen LogP) is 1.90. The number of nitrogens with one attached hydrogen (secondary N) is 1. The van der Waals surface area contributed by atoms with Gasteiger partial charge in [-0.3, -0.25) is 0 Å². The van der Waals surface area contributed by atoms with Gasteiger partial charge in [-0.2, -0.15) is 0 Å². The van der Waals surface area contributed by atoms with Crippen molar-refractivity contribution in [3.63, 3.8) is 0 Å². The van der Waals surface area contributed by atoms with Crippen molar-refractivity contribution < 1.29 is 22.4 Å². The zero-order valence-electron chi connectivity index (χ0n) is 14.1. The summed E-state index contributed by atoms with van der Waals surface area (Å²) in [4.78, 5) is 11.6.